The molecule has 2 fully saturated rings. The molecule has 5 atom stereocenters. The predicted octanol–water partition coefficient (Wildman–Crippen LogP) is 3.89. The third kappa shape index (κ3) is 4.57. The first-order chi connectivity index (χ1) is 16.9. The second-order valence-corrected chi connectivity index (χ2v) is 10.3. The van der Waals surface area contributed by atoms with Crippen LogP contribution in [0.15, 0.2) is 54.6 Å². The largest absolute Gasteiger partial charge is 0.480 e. The average molecular weight is 477 g/mol. The van der Waals surface area contributed by atoms with Gasteiger partial charge in [0.1, 0.15) is 12.1 Å². The van der Waals surface area contributed by atoms with Gasteiger partial charge in [0.2, 0.25) is 5.78 Å². The topological polar surface area (TPSA) is 105 Å². The summed E-state index contributed by atoms with van der Waals surface area (Å²) in [7, 11) is 0. The van der Waals surface area contributed by atoms with Crippen LogP contribution in [-0.4, -0.2) is 40.5 Å². The number of carboxylic acids is 1. The minimum Gasteiger partial charge on any atom is -0.480 e. The summed E-state index contributed by atoms with van der Waals surface area (Å²) in [5, 5.41) is 17.3. The van der Waals surface area contributed by atoms with Crippen LogP contribution in [0.25, 0.3) is 0 Å². The zero-order valence-electron chi connectivity index (χ0n) is 19.9. The molecule has 1 aliphatic heterocycles. The van der Waals surface area contributed by atoms with Gasteiger partial charge in [-0.15, -0.1) is 0 Å². The molecule has 0 aromatic heterocycles. The van der Waals surface area contributed by atoms with E-state index >= 15 is 0 Å². The maximum Gasteiger partial charge on any atom is 0.375 e. The fourth-order valence-electron chi connectivity index (χ4n) is 6.02. The molecule has 3 aliphatic rings. The number of carbonyl (C=O) groups excluding carboxylic acids is 2. The van der Waals surface area contributed by atoms with Crippen molar-refractivity contribution in [1.82, 2.24) is 5.32 Å². The number of ether oxygens (including phenoxy) is 1. The molecule has 0 bridgehead atoms. The summed E-state index contributed by atoms with van der Waals surface area (Å²) >= 11 is 0. The van der Waals surface area contributed by atoms with Gasteiger partial charge in [0, 0.05) is 23.7 Å². The summed E-state index contributed by atoms with van der Waals surface area (Å²) in [6.07, 6.45) is 4.54. The molecule has 3 unspecified atom stereocenters. The van der Waals surface area contributed by atoms with Gasteiger partial charge in [-0.25, -0.2) is 4.79 Å². The van der Waals surface area contributed by atoms with Crippen molar-refractivity contribution in [2.75, 3.05) is 5.32 Å². The van der Waals surface area contributed by atoms with Crippen LogP contribution >= 0.6 is 0 Å². The molecule has 0 spiro atoms. The Morgan fingerprint density at radius 1 is 1.06 bits per heavy atom. The molecular weight excluding hydrogens is 444 g/mol. The van der Waals surface area contributed by atoms with Crippen LogP contribution < -0.4 is 10.6 Å². The molecule has 1 heterocycles. The zero-order chi connectivity index (χ0) is 24.6. The van der Waals surface area contributed by atoms with Crippen molar-refractivity contribution < 1.29 is 24.2 Å². The van der Waals surface area contributed by atoms with Crippen molar-refractivity contribution in [3.63, 3.8) is 0 Å². The summed E-state index contributed by atoms with van der Waals surface area (Å²) in [6.45, 7) is 1.53. The Kier molecular flexibility index (Phi) is 6.36. The Morgan fingerprint density at radius 3 is 2.49 bits per heavy atom. The lowest BCUT2D eigenvalue weighted by atomic mass is 9.63. The van der Waals surface area contributed by atoms with Gasteiger partial charge < -0.3 is 15.2 Å². The molecule has 5 rings (SSSR count). The fourth-order valence-corrected chi connectivity index (χ4v) is 6.02. The van der Waals surface area contributed by atoms with Crippen LogP contribution in [0.1, 0.15) is 56.1 Å². The number of hydrogen-bond acceptors (Lipinski definition) is 6. The van der Waals surface area contributed by atoms with E-state index in [4.69, 9.17) is 4.74 Å². The van der Waals surface area contributed by atoms with Crippen LogP contribution in [0.2, 0.25) is 0 Å². The van der Waals surface area contributed by atoms with Gasteiger partial charge in [0.15, 0.2) is 0 Å². The number of para-hydroxylation sites is 1. The van der Waals surface area contributed by atoms with Gasteiger partial charge in [-0.1, -0.05) is 55.0 Å². The first-order valence-corrected chi connectivity index (χ1v) is 12.5. The number of Topliss-reactive ketones (excluding diaryl/α,β-unsaturated/α-hetero) is 1. The molecular formula is C28H32N2O5. The lowest BCUT2D eigenvalue weighted by Gasteiger charge is -2.45. The van der Waals surface area contributed by atoms with E-state index in [1.165, 1.54) is 0 Å². The Bertz CT molecular complexity index is 1120. The van der Waals surface area contributed by atoms with E-state index in [-0.39, 0.29) is 24.6 Å². The van der Waals surface area contributed by atoms with Crippen LogP contribution in [0.3, 0.4) is 0 Å². The minimum absolute atomic E-state index is 0.0306. The van der Waals surface area contributed by atoms with Gasteiger partial charge in [0.05, 0.1) is 5.92 Å². The number of aliphatic carboxylic acids is 1. The van der Waals surface area contributed by atoms with Gasteiger partial charge in [0.25, 0.3) is 0 Å². The SMILES string of the molecule is CC(NC1CC1)(C(=O)O)C(C(=O)C(=O)OCc1ccccc1)C1c2ccccc2N[C@@H]2CCC[C@H]12. The van der Waals surface area contributed by atoms with E-state index in [0.29, 0.717) is 0 Å². The monoisotopic (exact) mass is 476 g/mol. The summed E-state index contributed by atoms with van der Waals surface area (Å²) in [6, 6.07) is 17.1. The molecule has 35 heavy (non-hydrogen) atoms. The highest BCUT2D eigenvalue weighted by molar-refractivity contribution is 6.35. The van der Waals surface area contributed by atoms with E-state index in [0.717, 1.165) is 48.9 Å². The third-order valence-electron chi connectivity index (χ3n) is 7.89. The molecule has 0 saturated heterocycles. The quantitative estimate of drug-likeness (QED) is 0.373. The Hall–Kier alpha value is -3.19. The number of nitrogens with one attached hydrogen (secondary N) is 2. The van der Waals surface area contributed by atoms with Crippen molar-refractivity contribution in [3.8, 4) is 0 Å². The van der Waals surface area contributed by atoms with Gasteiger partial charge >= 0.3 is 11.9 Å². The van der Waals surface area contributed by atoms with Gasteiger partial charge in [-0.3, -0.25) is 14.9 Å². The maximum atomic E-state index is 13.9. The normalized spacial score (nSPS) is 25.3. The van der Waals surface area contributed by atoms with Crippen molar-refractivity contribution in [1.29, 1.82) is 0 Å². The van der Waals surface area contributed by atoms with E-state index in [1.807, 2.05) is 54.6 Å². The molecule has 0 amide bonds. The first-order valence-electron chi connectivity index (χ1n) is 12.5. The van der Waals surface area contributed by atoms with Crippen molar-refractivity contribution in [2.45, 2.75) is 69.2 Å². The highest BCUT2D eigenvalue weighted by Gasteiger charge is 2.57. The second kappa shape index (κ2) is 9.46. The highest BCUT2D eigenvalue weighted by Crippen LogP contribution is 2.52. The molecule has 184 valence electrons. The maximum absolute atomic E-state index is 13.9. The molecule has 2 aromatic rings. The molecule has 7 nitrogen and oxygen atoms in total. The molecule has 0 radical (unpaired) electrons. The highest BCUT2D eigenvalue weighted by atomic mass is 16.5. The Balaban J connectivity index is 1.54. The number of hydrogen-bond donors (Lipinski definition) is 3. The van der Waals surface area contributed by atoms with Crippen molar-refractivity contribution in [3.05, 3.63) is 65.7 Å². The Labute approximate surface area is 205 Å². The molecule has 3 N–H and O–H groups in total. The van der Waals surface area contributed by atoms with Gasteiger partial charge in [-0.2, -0.15) is 0 Å². The average Bonchev–Trinajstić information content (AvgIpc) is 3.55. The van der Waals surface area contributed by atoms with Gasteiger partial charge in [-0.05, 0) is 55.7 Å². The number of anilines is 1. The Morgan fingerprint density at radius 2 is 1.77 bits per heavy atom. The summed E-state index contributed by atoms with van der Waals surface area (Å²) in [5.74, 6) is -4.33. The van der Waals surface area contributed by atoms with Crippen molar-refractivity contribution >= 4 is 23.4 Å². The number of benzene rings is 2. The third-order valence-corrected chi connectivity index (χ3v) is 7.89. The molecule has 2 aliphatic carbocycles. The predicted molar refractivity (Wildman–Crippen MR) is 131 cm³/mol. The molecule has 2 aromatic carbocycles. The van der Waals surface area contributed by atoms with Crippen LogP contribution in [-0.2, 0) is 25.7 Å². The van der Waals surface area contributed by atoms with Crippen LogP contribution in [0.4, 0.5) is 5.69 Å². The van der Waals surface area contributed by atoms with E-state index in [9.17, 15) is 19.5 Å². The smallest absolute Gasteiger partial charge is 0.375 e. The minimum atomic E-state index is -1.60. The van der Waals surface area contributed by atoms with E-state index in [1.54, 1.807) is 6.92 Å². The number of rotatable bonds is 9. The lowest BCUT2D eigenvalue weighted by molar-refractivity contribution is -0.162. The number of fused-ring (bicyclic) bond motifs is 2. The van der Waals surface area contributed by atoms with E-state index in [2.05, 4.69) is 10.6 Å². The number of carbonyl (C=O) groups is 3. The van der Waals surface area contributed by atoms with Crippen LogP contribution in [0, 0.1) is 11.8 Å². The first kappa shape index (κ1) is 23.5. The zero-order valence-corrected chi connectivity index (χ0v) is 19.9. The summed E-state index contributed by atoms with van der Waals surface area (Å²) in [4.78, 5) is 39.9. The number of esters is 1. The number of ketones is 1. The van der Waals surface area contributed by atoms with E-state index < -0.39 is 35.1 Å². The number of carboxylic acid groups (broad SMARTS) is 1. The fraction of sp³-hybridized carbons (Fsp3) is 0.464. The van der Waals surface area contributed by atoms with Crippen LogP contribution in [0.5, 0.6) is 0 Å². The van der Waals surface area contributed by atoms with Crippen molar-refractivity contribution in [2.24, 2.45) is 11.8 Å². The molecule has 7 heteroatoms. The summed E-state index contributed by atoms with van der Waals surface area (Å²) < 4.78 is 5.43. The summed E-state index contributed by atoms with van der Waals surface area (Å²) in [5.41, 5.74) is 0.974. The molecule has 2 saturated carbocycles. The second-order valence-electron chi connectivity index (χ2n) is 10.3. The lowest BCUT2D eigenvalue weighted by Crippen LogP contribution is -2.62. The standard InChI is InChI=1S/C28H32N2O5/c1-28(27(33)34,30-18-14-15-18)24(25(31)26(32)35-16-17-8-3-2-4-9-17)23-19-10-5-6-12-21(19)29-22-13-7-11-20(22)23/h2-6,8-10,12,18,20,22-24,29-30H,7,11,13-16H2,1H3,(H,33,34)/t20-,22+,23?,24?,28?/m0/s1.